The molecule has 8 nitrogen and oxygen atoms in total. The third-order valence-electron chi connectivity index (χ3n) is 5.37. The summed E-state index contributed by atoms with van der Waals surface area (Å²) in [6.45, 7) is 2.90. The molecule has 4 rings (SSSR count). The Morgan fingerprint density at radius 2 is 1.76 bits per heavy atom. The molecule has 1 aromatic heterocycles. The Kier molecular flexibility index (Phi) is 7.36. The first-order valence-corrected chi connectivity index (χ1v) is 11.1. The van der Waals surface area contributed by atoms with E-state index in [-0.39, 0.29) is 12.1 Å². The third kappa shape index (κ3) is 6.20. The highest BCUT2D eigenvalue weighted by Gasteiger charge is 2.19. The first kappa shape index (κ1) is 22.5. The largest absolute Gasteiger partial charge is 0.368 e. The number of benzene rings is 2. The van der Waals surface area contributed by atoms with Gasteiger partial charge in [0.25, 0.3) is 11.5 Å². The second-order valence-corrected chi connectivity index (χ2v) is 8.11. The molecule has 2 aromatic carbocycles. The molecular formula is C24H25ClN6O2. The predicted octanol–water partition coefficient (Wildman–Crippen LogP) is 2.57. The number of halogens is 1. The van der Waals surface area contributed by atoms with Crippen molar-refractivity contribution in [2.45, 2.75) is 13.0 Å². The molecule has 1 saturated heterocycles. The zero-order valence-corrected chi connectivity index (χ0v) is 18.9. The lowest BCUT2D eigenvalue weighted by Crippen LogP contribution is -2.47. The van der Waals surface area contributed by atoms with Crippen LogP contribution in [0.2, 0.25) is 5.02 Å². The van der Waals surface area contributed by atoms with Gasteiger partial charge >= 0.3 is 0 Å². The van der Waals surface area contributed by atoms with E-state index in [4.69, 9.17) is 11.6 Å². The summed E-state index contributed by atoms with van der Waals surface area (Å²) >= 11 is 6.11. The van der Waals surface area contributed by atoms with Gasteiger partial charge in [-0.25, -0.2) is 10.1 Å². The van der Waals surface area contributed by atoms with E-state index in [2.05, 4.69) is 25.4 Å². The van der Waals surface area contributed by atoms with Gasteiger partial charge in [0, 0.05) is 55.6 Å². The fraction of sp³-hybridized carbons (Fsp3) is 0.250. The fourth-order valence-electron chi connectivity index (χ4n) is 3.64. The summed E-state index contributed by atoms with van der Waals surface area (Å²) in [6, 6.07) is 20.8. The first-order valence-electron chi connectivity index (χ1n) is 10.8. The molecule has 9 heteroatoms. The molecule has 0 atom stereocenters. The van der Waals surface area contributed by atoms with Crippen molar-refractivity contribution >= 4 is 35.2 Å². The van der Waals surface area contributed by atoms with Gasteiger partial charge in [-0.3, -0.25) is 9.59 Å². The SMILES string of the molecule is O=C(Cn1nc(N2CCN(c3cccc(Cl)c3)CC2)ccc1=O)N/N=C/Cc1ccccc1. The minimum atomic E-state index is -0.406. The number of hydrogen-bond acceptors (Lipinski definition) is 6. The second-order valence-electron chi connectivity index (χ2n) is 7.68. The molecular weight excluding hydrogens is 440 g/mol. The smallest absolute Gasteiger partial charge is 0.267 e. The number of hydrogen-bond donors (Lipinski definition) is 1. The Morgan fingerprint density at radius 1 is 1.00 bits per heavy atom. The van der Waals surface area contributed by atoms with E-state index < -0.39 is 5.91 Å². The first-order chi connectivity index (χ1) is 16.1. The highest BCUT2D eigenvalue weighted by molar-refractivity contribution is 6.30. The average molecular weight is 465 g/mol. The molecule has 0 aliphatic carbocycles. The van der Waals surface area contributed by atoms with Crippen LogP contribution >= 0.6 is 11.6 Å². The number of amides is 1. The Hall–Kier alpha value is -3.65. The van der Waals surface area contributed by atoms with Crippen LogP contribution in [0.1, 0.15) is 5.56 Å². The van der Waals surface area contributed by atoms with Crippen molar-refractivity contribution in [3.05, 3.63) is 87.7 Å². The van der Waals surface area contributed by atoms with Gasteiger partial charge in [-0.15, -0.1) is 0 Å². The highest BCUT2D eigenvalue weighted by Crippen LogP contribution is 2.22. The van der Waals surface area contributed by atoms with Gasteiger partial charge in [0.05, 0.1) is 0 Å². The van der Waals surface area contributed by atoms with Crippen molar-refractivity contribution in [1.82, 2.24) is 15.2 Å². The molecule has 0 saturated carbocycles. The van der Waals surface area contributed by atoms with Gasteiger partial charge in [0.15, 0.2) is 0 Å². The van der Waals surface area contributed by atoms with Crippen molar-refractivity contribution in [2.75, 3.05) is 36.0 Å². The molecule has 1 amide bonds. The maximum atomic E-state index is 12.2. The Labute approximate surface area is 197 Å². The monoisotopic (exact) mass is 464 g/mol. The molecule has 0 spiro atoms. The number of nitrogens with zero attached hydrogens (tertiary/aromatic N) is 5. The van der Waals surface area contributed by atoms with Crippen LogP contribution in [0.3, 0.4) is 0 Å². The Bertz CT molecular complexity index is 1170. The van der Waals surface area contributed by atoms with E-state index in [0.717, 1.165) is 37.4 Å². The maximum Gasteiger partial charge on any atom is 0.267 e. The minimum absolute atomic E-state index is 0.197. The van der Waals surface area contributed by atoms with Crippen molar-refractivity contribution in [1.29, 1.82) is 0 Å². The predicted molar refractivity (Wildman–Crippen MR) is 131 cm³/mol. The van der Waals surface area contributed by atoms with Crippen LogP contribution in [0.25, 0.3) is 0 Å². The van der Waals surface area contributed by atoms with Crippen molar-refractivity contribution in [3.8, 4) is 0 Å². The molecule has 0 radical (unpaired) electrons. The number of anilines is 2. The summed E-state index contributed by atoms with van der Waals surface area (Å²) in [5.41, 5.74) is 4.30. The van der Waals surface area contributed by atoms with E-state index in [9.17, 15) is 9.59 Å². The van der Waals surface area contributed by atoms with Crippen LogP contribution in [-0.4, -0.2) is 48.1 Å². The lowest BCUT2D eigenvalue weighted by molar-refractivity contribution is -0.121. The summed E-state index contributed by atoms with van der Waals surface area (Å²) in [4.78, 5) is 28.8. The number of aromatic nitrogens is 2. The van der Waals surface area contributed by atoms with E-state index >= 15 is 0 Å². The molecule has 33 heavy (non-hydrogen) atoms. The molecule has 0 unspecified atom stereocenters. The molecule has 3 aromatic rings. The van der Waals surface area contributed by atoms with Crippen LogP contribution in [0.4, 0.5) is 11.5 Å². The number of hydrazone groups is 1. The molecule has 1 N–H and O–H groups in total. The van der Waals surface area contributed by atoms with Crippen LogP contribution in [0.5, 0.6) is 0 Å². The molecule has 1 fully saturated rings. The van der Waals surface area contributed by atoms with Gasteiger partial charge in [0.2, 0.25) is 0 Å². The lowest BCUT2D eigenvalue weighted by Gasteiger charge is -2.36. The number of rotatable bonds is 7. The van der Waals surface area contributed by atoms with Gasteiger partial charge in [0.1, 0.15) is 12.4 Å². The average Bonchev–Trinajstić information content (AvgIpc) is 2.84. The Morgan fingerprint density at radius 3 is 2.52 bits per heavy atom. The van der Waals surface area contributed by atoms with Crippen LogP contribution in [0, 0.1) is 0 Å². The van der Waals surface area contributed by atoms with Gasteiger partial charge in [-0.2, -0.15) is 10.2 Å². The normalized spacial score (nSPS) is 14.0. The summed E-state index contributed by atoms with van der Waals surface area (Å²) < 4.78 is 1.17. The number of piperazine rings is 1. The number of carbonyl (C=O) groups is 1. The molecule has 2 heterocycles. The van der Waals surface area contributed by atoms with Crippen LogP contribution < -0.4 is 20.8 Å². The zero-order valence-electron chi connectivity index (χ0n) is 18.1. The quantitative estimate of drug-likeness (QED) is 0.429. The molecule has 170 valence electrons. The number of nitrogens with one attached hydrogen (secondary N) is 1. The van der Waals surface area contributed by atoms with Crippen molar-refractivity contribution in [3.63, 3.8) is 0 Å². The van der Waals surface area contributed by atoms with Gasteiger partial charge in [-0.1, -0.05) is 48.0 Å². The highest BCUT2D eigenvalue weighted by atomic mass is 35.5. The number of carbonyl (C=O) groups excluding carboxylic acids is 1. The van der Waals surface area contributed by atoms with E-state index in [0.29, 0.717) is 17.3 Å². The maximum absolute atomic E-state index is 12.2. The Balaban J connectivity index is 1.32. The van der Waals surface area contributed by atoms with Gasteiger partial charge < -0.3 is 9.80 Å². The standard InChI is InChI=1S/C24H25ClN6O2/c25-20-7-4-8-21(17-20)29-13-15-30(16-14-29)22-9-10-24(33)31(28-22)18-23(32)27-26-12-11-19-5-2-1-3-6-19/h1-10,12,17H,11,13-16,18H2,(H,27,32)/b26-12+. The summed E-state index contributed by atoms with van der Waals surface area (Å²) in [5.74, 6) is 0.262. The van der Waals surface area contributed by atoms with Crippen LogP contribution in [-0.2, 0) is 17.8 Å². The zero-order chi connectivity index (χ0) is 23.0. The fourth-order valence-corrected chi connectivity index (χ4v) is 3.83. The summed E-state index contributed by atoms with van der Waals surface area (Å²) in [5, 5.41) is 9.07. The summed E-state index contributed by atoms with van der Waals surface area (Å²) in [6.07, 6.45) is 2.23. The topological polar surface area (TPSA) is 82.8 Å². The summed E-state index contributed by atoms with van der Waals surface area (Å²) in [7, 11) is 0. The van der Waals surface area contributed by atoms with Crippen molar-refractivity contribution in [2.24, 2.45) is 5.10 Å². The van der Waals surface area contributed by atoms with E-state index in [1.807, 2.05) is 54.6 Å². The van der Waals surface area contributed by atoms with Gasteiger partial charge in [-0.05, 0) is 29.8 Å². The van der Waals surface area contributed by atoms with E-state index in [1.165, 1.54) is 10.7 Å². The minimum Gasteiger partial charge on any atom is -0.368 e. The van der Waals surface area contributed by atoms with Crippen molar-refractivity contribution < 1.29 is 4.79 Å². The van der Waals surface area contributed by atoms with E-state index in [1.54, 1.807) is 12.3 Å². The third-order valence-corrected chi connectivity index (χ3v) is 5.61. The molecule has 0 bridgehead atoms. The second kappa shape index (κ2) is 10.8. The lowest BCUT2D eigenvalue weighted by atomic mass is 10.2. The molecule has 1 aliphatic rings. The molecule has 1 aliphatic heterocycles. The van der Waals surface area contributed by atoms with Crippen LogP contribution in [0.15, 0.2) is 76.6 Å².